The molecule has 80 valence electrons. The van der Waals surface area contributed by atoms with Crippen molar-refractivity contribution < 1.29 is 4.39 Å². The van der Waals surface area contributed by atoms with E-state index in [2.05, 4.69) is 27.8 Å². The van der Waals surface area contributed by atoms with E-state index in [1.807, 2.05) is 0 Å². The number of rotatable bonds is 3. The first-order valence-electron chi connectivity index (χ1n) is 4.88. The van der Waals surface area contributed by atoms with Crippen molar-refractivity contribution in [3.05, 3.63) is 34.1 Å². The normalized spacial score (nSPS) is 9.53. The predicted molar refractivity (Wildman–Crippen MR) is 63.9 cm³/mol. The molecule has 15 heavy (non-hydrogen) atoms. The van der Waals surface area contributed by atoms with E-state index < -0.39 is 0 Å². The van der Waals surface area contributed by atoms with Crippen molar-refractivity contribution in [3.63, 3.8) is 0 Å². The van der Waals surface area contributed by atoms with Gasteiger partial charge in [-0.15, -0.1) is 0 Å². The number of hydrogen-bond donors (Lipinski definition) is 1. The zero-order valence-electron chi connectivity index (χ0n) is 8.39. The lowest BCUT2D eigenvalue weighted by Gasteiger charge is -1.95. The molecule has 1 rings (SSSR count). The Morgan fingerprint density at radius 2 is 2.13 bits per heavy atom. The summed E-state index contributed by atoms with van der Waals surface area (Å²) in [6.45, 7) is 0.687. The third-order valence-electron chi connectivity index (χ3n) is 1.91. The van der Waals surface area contributed by atoms with Crippen molar-refractivity contribution in [1.82, 2.24) is 0 Å². The fourth-order valence-electron chi connectivity index (χ4n) is 1.11. The van der Waals surface area contributed by atoms with Gasteiger partial charge in [0.25, 0.3) is 0 Å². The monoisotopic (exact) mass is 269 g/mol. The summed E-state index contributed by atoms with van der Waals surface area (Å²) < 4.78 is 14.0. The number of benzene rings is 1. The van der Waals surface area contributed by atoms with Gasteiger partial charge in [-0.3, -0.25) is 0 Å². The van der Waals surface area contributed by atoms with Gasteiger partial charge >= 0.3 is 0 Å². The van der Waals surface area contributed by atoms with Crippen LogP contribution in [0.1, 0.15) is 24.8 Å². The lowest BCUT2D eigenvalue weighted by molar-refractivity contribution is 0.624. The molecule has 0 aromatic heterocycles. The molecule has 2 N–H and O–H groups in total. The summed E-state index contributed by atoms with van der Waals surface area (Å²) in [5, 5.41) is 0. The molecule has 0 atom stereocenters. The van der Waals surface area contributed by atoms with Gasteiger partial charge in [0.15, 0.2) is 0 Å². The van der Waals surface area contributed by atoms with Crippen LogP contribution in [0.5, 0.6) is 0 Å². The third-order valence-corrected chi connectivity index (χ3v) is 2.40. The van der Waals surface area contributed by atoms with Crippen molar-refractivity contribution in [1.29, 1.82) is 0 Å². The first kappa shape index (κ1) is 12.2. The topological polar surface area (TPSA) is 26.0 Å². The van der Waals surface area contributed by atoms with Crippen LogP contribution in [-0.4, -0.2) is 6.54 Å². The maximum atomic E-state index is 13.2. The molecule has 0 aliphatic rings. The van der Waals surface area contributed by atoms with E-state index in [4.69, 9.17) is 5.73 Å². The van der Waals surface area contributed by atoms with Crippen LogP contribution in [0.2, 0.25) is 0 Å². The van der Waals surface area contributed by atoms with Gasteiger partial charge in [0, 0.05) is 10.9 Å². The summed E-state index contributed by atoms with van der Waals surface area (Å²) in [4.78, 5) is 0. The minimum absolute atomic E-state index is 0.274. The van der Waals surface area contributed by atoms with E-state index in [-0.39, 0.29) is 5.82 Å². The van der Waals surface area contributed by atoms with Crippen LogP contribution in [0.15, 0.2) is 22.7 Å². The molecule has 0 spiro atoms. The second kappa shape index (κ2) is 6.60. The molecular weight excluding hydrogens is 257 g/mol. The Hall–Kier alpha value is -0.850. The highest BCUT2D eigenvalue weighted by atomic mass is 79.9. The Labute approximate surface area is 98.0 Å². The van der Waals surface area contributed by atoms with Crippen LogP contribution in [0, 0.1) is 17.7 Å². The first-order chi connectivity index (χ1) is 7.24. The van der Waals surface area contributed by atoms with Gasteiger partial charge in [0.05, 0.1) is 5.56 Å². The molecule has 0 aliphatic carbocycles. The Morgan fingerprint density at radius 3 is 2.87 bits per heavy atom. The zero-order valence-corrected chi connectivity index (χ0v) is 9.98. The fraction of sp³-hybridized carbons (Fsp3) is 0.333. The summed E-state index contributed by atoms with van der Waals surface area (Å²) in [6.07, 6.45) is 2.71. The maximum absolute atomic E-state index is 13.2. The molecule has 1 aromatic rings. The SMILES string of the molecule is NCCCCC#Cc1cc(Br)ccc1F. The highest BCUT2D eigenvalue weighted by molar-refractivity contribution is 9.10. The number of unbranched alkanes of at least 4 members (excludes halogenated alkanes) is 2. The molecule has 0 saturated carbocycles. The summed E-state index contributed by atoms with van der Waals surface area (Å²) in [7, 11) is 0. The van der Waals surface area contributed by atoms with E-state index >= 15 is 0 Å². The highest BCUT2D eigenvalue weighted by Gasteiger charge is 1.98. The molecule has 1 nitrogen and oxygen atoms in total. The lowest BCUT2D eigenvalue weighted by atomic mass is 10.2. The Balaban J connectivity index is 2.59. The summed E-state index contributed by atoms with van der Waals surface area (Å²) >= 11 is 3.28. The Kier molecular flexibility index (Phi) is 5.38. The van der Waals surface area contributed by atoms with Crippen molar-refractivity contribution in [2.75, 3.05) is 6.54 Å². The predicted octanol–water partition coefficient (Wildman–Crippen LogP) is 3.07. The average Bonchev–Trinajstić information content (AvgIpc) is 2.23. The number of hydrogen-bond acceptors (Lipinski definition) is 1. The van der Waals surface area contributed by atoms with E-state index in [1.165, 1.54) is 6.07 Å². The van der Waals surface area contributed by atoms with Crippen molar-refractivity contribution in [2.24, 2.45) is 5.73 Å². The van der Waals surface area contributed by atoms with Crippen molar-refractivity contribution in [2.45, 2.75) is 19.3 Å². The third kappa shape index (κ3) is 4.46. The van der Waals surface area contributed by atoms with Crippen LogP contribution >= 0.6 is 15.9 Å². The van der Waals surface area contributed by atoms with Crippen molar-refractivity contribution >= 4 is 15.9 Å². The molecule has 0 amide bonds. The summed E-state index contributed by atoms with van der Waals surface area (Å²) in [6, 6.07) is 4.76. The number of nitrogens with two attached hydrogens (primary N) is 1. The van der Waals surface area contributed by atoms with Gasteiger partial charge in [0.2, 0.25) is 0 Å². The van der Waals surface area contributed by atoms with Crippen molar-refractivity contribution in [3.8, 4) is 11.8 Å². The van der Waals surface area contributed by atoms with Crippen LogP contribution in [-0.2, 0) is 0 Å². The van der Waals surface area contributed by atoms with Crippen LogP contribution in [0.3, 0.4) is 0 Å². The molecule has 0 unspecified atom stereocenters. The second-order valence-electron chi connectivity index (χ2n) is 3.17. The summed E-state index contributed by atoms with van der Waals surface area (Å²) in [5.41, 5.74) is 5.79. The van der Waals surface area contributed by atoms with E-state index in [0.29, 0.717) is 12.1 Å². The Morgan fingerprint density at radius 1 is 1.33 bits per heavy atom. The van der Waals surface area contributed by atoms with E-state index in [1.54, 1.807) is 12.1 Å². The molecule has 0 saturated heterocycles. The van der Waals surface area contributed by atoms with Gasteiger partial charge in [0.1, 0.15) is 5.82 Å². The molecule has 0 radical (unpaired) electrons. The average molecular weight is 270 g/mol. The van der Waals surface area contributed by atoms with Crippen LogP contribution < -0.4 is 5.73 Å². The number of halogens is 2. The van der Waals surface area contributed by atoms with Gasteiger partial charge in [-0.1, -0.05) is 27.8 Å². The van der Waals surface area contributed by atoms with Gasteiger partial charge in [-0.25, -0.2) is 4.39 Å². The first-order valence-corrected chi connectivity index (χ1v) is 5.67. The fourth-order valence-corrected chi connectivity index (χ4v) is 1.47. The largest absolute Gasteiger partial charge is 0.330 e. The molecule has 0 aliphatic heterocycles. The summed E-state index contributed by atoms with van der Waals surface area (Å²) in [5.74, 6) is 5.48. The molecule has 3 heteroatoms. The molecule has 0 fully saturated rings. The van der Waals surface area contributed by atoms with Crippen LogP contribution in [0.25, 0.3) is 0 Å². The van der Waals surface area contributed by atoms with Gasteiger partial charge < -0.3 is 5.73 Å². The van der Waals surface area contributed by atoms with Gasteiger partial charge in [-0.05, 0) is 37.6 Å². The standard InChI is InChI=1S/C12H13BrFN/c13-11-6-7-12(14)10(9-11)5-3-1-2-4-8-15/h6-7,9H,1-2,4,8,15H2. The zero-order chi connectivity index (χ0) is 11.1. The highest BCUT2D eigenvalue weighted by Crippen LogP contribution is 2.14. The molecule has 1 aromatic carbocycles. The lowest BCUT2D eigenvalue weighted by Crippen LogP contribution is -1.96. The molecule has 0 bridgehead atoms. The smallest absolute Gasteiger partial charge is 0.138 e. The van der Waals surface area contributed by atoms with Gasteiger partial charge in [-0.2, -0.15) is 0 Å². The minimum atomic E-state index is -0.274. The van der Waals surface area contributed by atoms with Crippen LogP contribution in [0.4, 0.5) is 4.39 Å². The van der Waals surface area contributed by atoms with E-state index in [9.17, 15) is 4.39 Å². The second-order valence-corrected chi connectivity index (χ2v) is 4.09. The molecule has 0 heterocycles. The minimum Gasteiger partial charge on any atom is -0.330 e. The Bertz CT molecular complexity index is 379. The molecular formula is C12H13BrFN. The quantitative estimate of drug-likeness (QED) is 0.663. The maximum Gasteiger partial charge on any atom is 0.138 e. The van der Waals surface area contributed by atoms with E-state index in [0.717, 1.165) is 23.7 Å².